The number of hydrogen-bond donors (Lipinski definition) is 1. The Labute approximate surface area is 125 Å². The zero-order valence-corrected chi connectivity index (χ0v) is 12.4. The van der Waals surface area contributed by atoms with Crippen LogP contribution in [0.15, 0.2) is 30.5 Å². The Balaban J connectivity index is 1.62. The van der Waals surface area contributed by atoms with Crippen molar-refractivity contribution < 1.29 is 5.11 Å². The minimum atomic E-state index is -0.549. The van der Waals surface area contributed by atoms with Gasteiger partial charge in [-0.1, -0.05) is 29.5 Å². The lowest BCUT2D eigenvalue weighted by Crippen LogP contribution is -2.18. The second kappa shape index (κ2) is 6.37. The number of aromatic nitrogens is 3. The molecule has 112 valence electrons. The fourth-order valence-electron chi connectivity index (χ4n) is 2.91. The summed E-state index contributed by atoms with van der Waals surface area (Å²) in [5.41, 5.74) is 3.03. The summed E-state index contributed by atoms with van der Waals surface area (Å²) in [6.45, 7) is 5.62. The summed E-state index contributed by atoms with van der Waals surface area (Å²) in [4.78, 5) is 2.39. The Morgan fingerprint density at radius 3 is 2.76 bits per heavy atom. The van der Waals surface area contributed by atoms with Crippen LogP contribution in [0.1, 0.15) is 35.8 Å². The molecule has 5 heteroatoms. The van der Waals surface area contributed by atoms with Gasteiger partial charge in [-0.15, -0.1) is 5.10 Å². The maximum Gasteiger partial charge on any atom is 0.0989 e. The molecule has 5 nitrogen and oxygen atoms in total. The smallest absolute Gasteiger partial charge is 0.0989 e. The normalized spacial score (nSPS) is 17.2. The van der Waals surface area contributed by atoms with Crippen molar-refractivity contribution in [2.75, 3.05) is 13.1 Å². The van der Waals surface area contributed by atoms with Crippen molar-refractivity contribution in [1.29, 1.82) is 0 Å². The number of aliphatic hydroxyl groups is 1. The molecule has 1 aliphatic rings. The lowest BCUT2D eigenvalue weighted by atomic mass is 10.0. The third-order valence-electron chi connectivity index (χ3n) is 4.08. The number of aliphatic hydroxyl groups excluding tert-OH is 1. The maximum absolute atomic E-state index is 10.3. The first-order valence-corrected chi connectivity index (χ1v) is 7.57. The van der Waals surface area contributed by atoms with E-state index in [0.29, 0.717) is 6.54 Å². The number of likely N-dealkylation sites (tertiary alicyclic amines) is 1. The van der Waals surface area contributed by atoms with Gasteiger partial charge in [0.15, 0.2) is 0 Å². The summed E-state index contributed by atoms with van der Waals surface area (Å²) < 4.78 is 1.74. The molecule has 2 heterocycles. The van der Waals surface area contributed by atoms with Gasteiger partial charge in [0.25, 0.3) is 0 Å². The summed E-state index contributed by atoms with van der Waals surface area (Å²) in [6.07, 6.45) is 3.95. The lowest BCUT2D eigenvalue weighted by molar-refractivity contribution is 0.150. The fourth-order valence-corrected chi connectivity index (χ4v) is 2.91. The van der Waals surface area contributed by atoms with Crippen molar-refractivity contribution >= 4 is 0 Å². The molecule has 1 fully saturated rings. The van der Waals surface area contributed by atoms with Crippen LogP contribution in [-0.4, -0.2) is 38.1 Å². The number of nitrogens with zero attached hydrogens (tertiary/aromatic N) is 4. The molecule has 0 saturated carbocycles. The van der Waals surface area contributed by atoms with Gasteiger partial charge >= 0.3 is 0 Å². The molecule has 1 atom stereocenters. The highest BCUT2D eigenvalue weighted by Gasteiger charge is 2.15. The van der Waals surface area contributed by atoms with Crippen LogP contribution in [0.5, 0.6) is 0 Å². The van der Waals surface area contributed by atoms with Gasteiger partial charge < -0.3 is 5.11 Å². The van der Waals surface area contributed by atoms with Gasteiger partial charge in [0.2, 0.25) is 0 Å². The topological polar surface area (TPSA) is 54.2 Å². The van der Waals surface area contributed by atoms with E-state index in [2.05, 4.69) is 15.2 Å². The number of benzene rings is 1. The largest absolute Gasteiger partial charge is 0.386 e. The highest BCUT2D eigenvalue weighted by Crippen LogP contribution is 2.19. The summed E-state index contributed by atoms with van der Waals surface area (Å²) in [6, 6.07) is 7.90. The molecule has 1 aliphatic heterocycles. The van der Waals surface area contributed by atoms with Gasteiger partial charge in [-0.05, 0) is 44.0 Å². The van der Waals surface area contributed by atoms with Crippen LogP contribution in [0.4, 0.5) is 0 Å². The molecule has 1 aromatic carbocycles. The molecule has 0 spiro atoms. The van der Waals surface area contributed by atoms with Gasteiger partial charge in [0, 0.05) is 12.7 Å². The molecule has 1 aromatic heterocycles. The van der Waals surface area contributed by atoms with E-state index in [9.17, 15) is 5.11 Å². The lowest BCUT2D eigenvalue weighted by Gasteiger charge is -2.13. The van der Waals surface area contributed by atoms with Crippen molar-refractivity contribution in [3.8, 4) is 0 Å². The highest BCUT2D eigenvalue weighted by molar-refractivity contribution is 5.27. The molecule has 21 heavy (non-hydrogen) atoms. The fraction of sp³-hybridized carbons (Fsp3) is 0.500. The molecule has 1 saturated heterocycles. The van der Waals surface area contributed by atoms with Crippen molar-refractivity contribution in [3.63, 3.8) is 0 Å². The van der Waals surface area contributed by atoms with Gasteiger partial charge in [-0.3, -0.25) is 4.90 Å². The van der Waals surface area contributed by atoms with Gasteiger partial charge in [0.05, 0.1) is 18.3 Å². The number of aryl methyl sites for hydroxylation is 1. The van der Waals surface area contributed by atoms with Gasteiger partial charge in [-0.25, -0.2) is 4.68 Å². The van der Waals surface area contributed by atoms with Gasteiger partial charge in [-0.2, -0.15) is 0 Å². The molecule has 3 rings (SSSR count). The van der Waals surface area contributed by atoms with Gasteiger partial charge in [0.1, 0.15) is 0 Å². The van der Waals surface area contributed by atoms with Crippen molar-refractivity contribution in [1.82, 2.24) is 19.9 Å². The van der Waals surface area contributed by atoms with E-state index < -0.39 is 6.10 Å². The Hall–Kier alpha value is -1.72. The molecule has 0 bridgehead atoms. The van der Waals surface area contributed by atoms with E-state index in [0.717, 1.165) is 36.5 Å². The predicted molar refractivity (Wildman–Crippen MR) is 80.7 cm³/mol. The molecule has 2 aromatic rings. The Morgan fingerprint density at radius 2 is 2.00 bits per heavy atom. The molecular formula is C16H22N4O. The third kappa shape index (κ3) is 3.49. The van der Waals surface area contributed by atoms with Crippen LogP contribution >= 0.6 is 0 Å². The minimum Gasteiger partial charge on any atom is -0.386 e. The van der Waals surface area contributed by atoms with Crippen LogP contribution < -0.4 is 0 Å². The van der Waals surface area contributed by atoms with E-state index in [-0.39, 0.29) is 0 Å². The van der Waals surface area contributed by atoms with Crippen LogP contribution in [0.3, 0.4) is 0 Å². The average molecular weight is 286 g/mol. The number of rotatable bonds is 5. The molecule has 1 N–H and O–H groups in total. The van der Waals surface area contributed by atoms with Crippen molar-refractivity contribution in [2.45, 2.75) is 39.0 Å². The van der Waals surface area contributed by atoms with Crippen LogP contribution in [0.2, 0.25) is 0 Å². The first-order chi connectivity index (χ1) is 10.2. The quantitative estimate of drug-likeness (QED) is 0.912. The summed E-state index contributed by atoms with van der Waals surface area (Å²) in [7, 11) is 0. The Kier molecular flexibility index (Phi) is 4.31. The molecule has 0 amide bonds. The summed E-state index contributed by atoms with van der Waals surface area (Å²) >= 11 is 0. The Morgan fingerprint density at radius 1 is 1.24 bits per heavy atom. The second-order valence-electron chi connectivity index (χ2n) is 5.79. The summed E-state index contributed by atoms with van der Waals surface area (Å²) in [5.74, 6) is 0. The first kappa shape index (κ1) is 14.2. The van der Waals surface area contributed by atoms with E-state index in [1.54, 1.807) is 4.68 Å². The van der Waals surface area contributed by atoms with Crippen LogP contribution in [0, 0.1) is 6.92 Å². The van der Waals surface area contributed by atoms with Crippen LogP contribution in [-0.2, 0) is 13.1 Å². The molecule has 0 aliphatic carbocycles. The second-order valence-corrected chi connectivity index (χ2v) is 5.79. The summed E-state index contributed by atoms with van der Waals surface area (Å²) in [5, 5.41) is 18.7. The zero-order valence-electron chi connectivity index (χ0n) is 12.4. The predicted octanol–water partition coefficient (Wildman–Crippen LogP) is 1.92. The van der Waals surface area contributed by atoms with E-state index in [1.807, 2.05) is 37.4 Å². The van der Waals surface area contributed by atoms with Crippen molar-refractivity contribution in [2.24, 2.45) is 0 Å². The number of hydrogen-bond acceptors (Lipinski definition) is 4. The third-order valence-corrected chi connectivity index (χ3v) is 4.08. The van der Waals surface area contributed by atoms with E-state index in [4.69, 9.17) is 0 Å². The minimum absolute atomic E-state index is 0.442. The average Bonchev–Trinajstić information content (AvgIpc) is 3.12. The molecule has 0 radical (unpaired) electrons. The SMILES string of the molecule is Cc1ccccc1C(O)Cn1cc(CN2CCCC2)nn1. The van der Waals surface area contributed by atoms with Crippen molar-refractivity contribution in [3.05, 3.63) is 47.3 Å². The standard InChI is InChI=1S/C16H22N4O/c1-13-6-2-3-7-15(13)16(21)12-20-11-14(17-18-20)10-19-8-4-5-9-19/h2-3,6-7,11,16,21H,4-5,8-10,12H2,1H3. The molecular weight excluding hydrogens is 264 g/mol. The monoisotopic (exact) mass is 286 g/mol. The first-order valence-electron chi connectivity index (χ1n) is 7.57. The van der Waals surface area contributed by atoms with E-state index in [1.165, 1.54) is 12.8 Å². The Bertz CT molecular complexity index is 589. The van der Waals surface area contributed by atoms with Crippen LogP contribution in [0.25, 0.3) is 0 Å². The zero-order chi connectivity index (χ0) is 14.7. The highest BCUT2D eigenvalue weighted by atomic mass is 16.3. The maximum atomic E-state index is 10.3. The van der Waals surface area contributed by atoms with E-state index >= 15 is 0 Å². The molecule has 1 unspecified atom stereocenters.